The van der Waals surface area contributed by atoms with E-state index in [2.05, 4.69) is 9.71 Å². The number of ether oxygens (including phenoxy) is 1. The molecule has 0 amide bonds. The number of anilines is 1. The van der Waals surface area contributed by atoms with Crippen molar-refractivity contribution in [2.45, 2.75) is 25.7 Å². The van der Waals surface area contributed by atoms with Crippen molar-refractivity contribution in [2.75, 3.05) is 11.0 Å². The molecule has 0 saturated heterocycles. The summed E-state index contributed by atoms with van der Waals surface area (Å²) in [5.74, 6) is 0.388. The van der Waals surface area contributed by atoms with E-state index in [0.717, 1.165) is 18.4 Å². The van der Waals surface area contributed by atoms with Crippen molar-refractivity contribution in [3.63, 3.8) is 0 Å². The fourth-order valence-corrected chi connectivity index (χ4v) is 3.29. The Morgan fingerprint density at radius 1 is 1.07 bits per heavy atom. The van der Waals surface area contributed by atoms with Crippen LogP contribution in [0.4, 0.5) is 18.9 Å². The third-order valence-corrected chi connectivity index (χ3v) is 4.37. The number of sulfonamides is 1. The van der Waals surface area contributed by atoms with Crippen LogP contribution in [0.15, 0.2) is 47.5 Å². The number of nitrogens with zero attached hydrogens (tertiary/aromatic N) is 1. The number of rotatable bonds is 3. The van der Waals surface area contributed by atoms with Gasteiger partial charge in [-0.1, -0.05) is 12.1 Å². The van der Waals surface area contributed by atoms with Crippen LogP contribution in [0.5, 0.6) is 5.75 Å². The van der Waals surface area contributed by atoms with E-state index in [1.807, 2.05) is 0 Å². The molecule has 0 unspecified atom stereocenters. The molecule has 2 aromatic carbocycles. The molecule has 9 heteroatoms. The van der Waals surface area contributed by atoms with Gasteiger partial charge < -0.3 is 4.74 Å². The highest BCUT2D eigenvalue weighted by molar-refractivity contribution is 7.92. The summed E-state index contributed by atoms with van der Waals surface area (Å²) in [6, 6.07) is 9.40. The van der Waals surface area contributed by atoms with E-state index in [1.54, 1.807) is 26.0 Å². The monoisotopic (exact) mass is 398 g/mol. The molecule has 5 nitrogen and oxygen atoms in total. The van der Waals surface area contributed by atoms with Crippen LogP contribution >= 0.6 is 0 Å². The van der Waals surface area contributed by atoms with Gasteiger partial charge in [0.15, 0.2) is 5.72 Å². The molecule has 1 aliphatic heterocycles. The Balaban J connectivity index is 2.05. The van der Waals surface area contributed by atoms with Crippen LogP contribution in [0.25, 0.3) is 0 Å². The molecular weight excluding hydrogens is 381 g/mol. The number of fused-ring (bicyclic) bond motifs is 1. The van der Waals surface area contributed by atoms with Gasteiger partial charge in [-0.05, 0) is 38.1 Å². The molecule has 0 atom stereocenters. The average molecular weight is 398 g/mol. The molecular formula is C18H17F3N2O3S. The highest BCUT2D eigenvalue weighted by Gasteiger charge is 2.32. The minimum atomic E-state index is -4.42. The van der Waals surface area contributed by atoms with Gasteiger partial charge in [-0.2, -0.15) is 13.2 Å². The lowest BCUT2D eigenvalue weighted by Crippen LogP contribution is -2.32. The van der Waals surface area contributed by atoms with Crippen molar-refractivity contribution >= 4 is 21.4 Å². The fraction of sp³-hybridized carbons (Fsp3) is 0.278. The molecule has 0 saturated carbocycles. The molecule has 2 aromatic rings. The Morgan fingerprint density at radius 2 is 1.70 bits per heavy atom. The van der Waals surface area contributed by atoms with Crippen molar-refractivity contribution in [1.29, 1.82) is 0 Å². The molecule has 1 heterocycles. The zero-order valence-corrected chi connectivity index (χ0v) is 15.6. The summed E-state index contributed by atoms with van der Waals surface area (Å²) in [7, 11) is -3.46. The molecule has 0 radical (unpaired) electrons. The third kappa shape index (κ3) is 4.41. The van der Waals surface area contributed by atoms with E-state index in [9.17, 15) is 21.6 Å². The van der Waals surface area contributed by atoms with E-state index in [1.165, 1.54) is 18.2 Å². The van der Waals surface area contributed by atoms with Gasteiger partial charge >= 0.3 is 6.18 Å². The predicted molar refractivity (Wildman–Crippen MR) is 96.7 cm³/mol. The lowest BCUT2D eigenvalue weighted by Gasteiger charge is -2.30. The zero-order valence-electron chi connectivity index (χ0n) is 14.8. The van der Waals surface area contributed by atoms with Crippen molar-refractivity contribution in [3.05, 3.63) is 59.2 Å². The second-order valence-electron chi connectivity index (χ2n) is 6.67. The topological polar surface area (TPSA) is 67.8 Å². The van der Waals surface area contributed by atoms with E-state index >= 15 is 0 Å². The van der Waals surface area contributed by atoms with Crippen LogP contribution in [0, 0.1) is 0 Å². The Morgan fingerprint density at radius 3 is 2.26 bits per heavy atom. The van der Waals surface area contributed by atoms with Crippen LogP contribution in [0.2, 0.25) is 0 Å². The number of hydrogen-bond acceptors (Lipinski definition) is 4. The first-order valence-corrected chi connectivity index (χ1v) is 9.82. The first kappa shape index (κ1) is 19.2. The molecule has 1 aliphatic rings. The van der Waals surface area contributed by atoms with Gasteiger partial charge in [0.25, 0.3) is 0 Å². The second kappa shape index (κ2) is 6.26. The number of benzene rings is 2. The summed E-state index contributed by atoms with van der Waals surface area (Å²) < 4.78 is 69.4. The van der Waals surface area contributed by atoms with Crippen LogP contribution in [-0.4, -0.2) is 26.1 Å². The maximum Gasteiger partial charge on any atom is 0.416 e. The highest BCUT2D eigenvalue weighted by Crippen LogP contribution is 2.35. The van der Waals surface area contributed by atoms with E-state index < -0.39 is 27.5 Å². The normalized spacial score (nSPS) is 16.1. The highest BCUT2D eigenvalue weighted by atomic mass is 32.2. The van der Waals surface area contributed by atoms with Crippen LogP contribution < -0.4 is 9.46 Å². The average Bonchev–Trinajstić information content (AvgIpc) is 2.50. The number of halogens is 3. The smallest absolute Gasteiger partial charge is 0.416 e. The number of hydrogen-bond donors (Lipinski definition) is 1. The van der Waals surface area contributed by atoms with Gasteiger partial charge in [-0.3, -0.25) is 4.72 Å². The van der Waals surface area contributed by atoms with E-state index in [4.69, 9.17) is 4.74 Å². The quantitative estimate of drug-likeness (QED) is 0.848. The predicted octanol–water partition coefficient (Wildman–Crippen LogP) is 4.04. The summed E-state index contributed by atoms with van der Waals surface area (Å²) in [5, 5.41) is 0. The third-order valence-electron chi connectivity index (χ3n) is 3.77. The van der Waals surface area contributed by atoms with E-state index in [-0.39, 0.29) is 0 Å². The molecule has 144 valence electrons. The molecule has 27 heavy (non-hydrogen) atoms. The maximum absolute atomic E-state index is 12.8. The standard InChI is InChI=1S/C18H17F3N2O3S/c1-17(2)22-16(11-4-6-12(7-5-11)18(19,20)21)14-9-8-13(10-15(14)26-17)23-27(3,24)25/h4-10,23H,1-3H3. The zero-order chi connectivity index (χ0) is 20.0. The largest absolute Gasteiger partial charge is 0.466 e. The van der Waals surface area contributed by atoms with Crippen molar-refractivity contribution in [1.82, 2.24) is 0 Å². The fourth-order valence-electron chi connectivity index (χ4n) is 2.74. The summed E-state index contributed by atoms with van der Waals surface area (Å²) in [6.45, 7) is 3.41. The Labute approximate surface area is 154 Å². The summed E-state index contributed by atoms with van der Waals surface area (Å²) in [6.07, 6.45) is -3.38. The van der Waals surface area contributed by atoms with Gasteiger partial charge in [0.1, 0.15) is 5.75 Å². The molecule has 0 bridgehead atoms. The van der Waals surface area contributed by atoms with Gasteiger partial charge in [-0.15, -0.1) is 0 Å². The van der Waals surface area contributed by atoms with Crippen LogP contribution in [-0.2, 0) is 16.2 Å². The Kier molecular flexibility index (Phi) is 4.46. The molecule has 3 rings (SSSR count). The van der Waals surface area contributed by atoms with Gasteiger partial charge in [0.05, 0.1) is 23.2 Å². The van der Waals surface area contributed by atoms with Crippen molar-refractivity contribution < 1.29 is 26.3 Å². The minimum Gasteiger partial charge on any atom is -0.466 e. The number of alkyl halides is 3. The summed E-state index contributed by atoms with van der Waals surface area (Å²) in [4.78, 5) is 4.50. The van der Waals surface area contributed by atoms with Crippen molar-refractivity contribution in [2.24, 2.45) is 4.99 Å². The maximum atomic E-state index is 12.8. The molecule has 0 aliphatic carbocycles. The summed E-state index contributed by atoms with van der Waals surface area (Å²) in [5.41, 5.74) is 0.152. The lowest BCUT2D eigenvalue weighted by atomic mass is 9.97. The Bertz CT molecular complexity index is 1010. The summed E-state index contributed by atoms with van der Waals surface area (Å²) >= 11 is 0. The Hall–Kier alpha value is -2.55. The lowest BCUT2D eigenvalue weighted by molar-refractivity contribution is -0.137. The van der Waals surface area contributed by atoms with Gasteiger partial charge in [-0.25, -0.2) is 13.4 Å². The SMILES string of the molecule is CC1(C)N=C(c2ccc(C(F)(F)F)cc2)c2ccc(NS(C)(=O)=O)cc2O1. The molecule has 0 aromatic heterocycles. The first-order valence-electron chi connectivity index (χ1n) is 7.93. The van der Waals surface area contributed by atoms with Crippen molar-refractivity contribution in [3.8, 4) is 5.75 Å². The number of nitrogens with one attached hydrogen (secondary N) is 1. The molecule has 1 N–H and O–H groups in total. The number of aliphatic imine (C=N–C) groups is 1. The first-order chi connectivity index (χ1) is 12.3. The van der Waals surface area contributed by atoms with Gasteiger partial charge in [0.2, 0.25) is 10.0 Å². The van der Waals surface area contributed by atoms with Crippen LogP contribution in [0.1, 0.15) is 30.5 Å². The molecule has 0 spiro atoms. The molecule has 0 fully saturated rings. The minimum absolute atomic E-state index is 0.320. The van der Waals surface area contributed by atoms with Gasteiger partial charge in [0, 0.05) is 17.2 Å². The van der Waals surface area contributed by atoms with E-state index in [0.29, 0.717) is 28.3 Å². The second-order valence-corrected chi connectivity index (χ2v) is 8.42. The van der Waals surface area contributed by atoms with Crippen LogP contribution in [0.3, 0.4) is 0 Å².